The Morgan fingerprint density at radius 2 is 1.82 bits per heavy atom. The maximum atomic E-state index is 12.1. The first kappa shape index (κ1) is 21.2. The molecule has 2 amide bonds. The normalized spacial score (nSPS) is 11.2. The van der Waals surface area contributed by atoms with Crippen LogP contribution in [0.15, 0.2) is 48.5 Å². The van der Waals surface area contributed by atoms with Crippen LogP contribution >= 0.6 is 11.6 Å². The lowest BCUT2D eigenvalue weighted by atomic mass is 10.1. The molecule has 0 unspecified atom stereocenters. The summed E-state index contributed by atoms with van der Waals surface area (Å²) >= 11 is 6.00. The van der Waals surface area contributed by atoms with Crippen molar-refractivity contribution in [2.24, 2.45) is 0 Å². The van der Waals surface area contributed by atoms with E-state index in [1.807, 2.05) is 30.3 Å². The molecule has 2 aromatic carbocycles. The number of nitrogens with one attached hydrogen (secondary N) is 2. The molecular weight excluding hydrogens is 384 g/mol. The van der Waals surface area contributed by atoms with E-state index in [1.165, 1.54) is 20.1 Å². The first-order chi connectivity index (χ1) is 13.4. The fourth-order valence-electron chi connectivity index (χ4n) is 2.29. The first-order valence-corrected chi connectivity index (χ1v) is 8.91. The van der Waals surface area contributed by atoms with Crippen molar-refractivity contribution in [1.29, 1.82) is 0 Å². The van der Waals surface area contributed by atoms with Crippen LogP contribution in [-0.2, 0) is 25.5 Å². The molecule has 0 spiro atoms. The van der Waals surface area contributed by atoms with Crippen LogP contribution in [0.25, 0.3) is 0 Å². The molecule has 0 fully saturated rings. The summed E-state index contributed by atoms with van der Waals surface area (Å²) in [4.78, 5) is 35.8. The van der Waals surface area contributed by atoms with Gasteiger partial charge < -0.3 is 20.1 Å². The van der Waals surface area contributed by atoms with Crippen molar-refractivity contribution in [2.45, 2.75) is 19.4 Å². The summed E-state index contributed by atoms with van der Waals surface area (Å²) in [6.45, 7) is 1.11. The Labute approximate surface area is 168 Å². The lowest BCUT2D eigenvalue weighted by Gasteiger charge is -2.14. The van der Waals surface area contributed by atoms with Crippen LogP contribution in [0.5, 0.6) is 5.75 Å². The van der Waals surface area contributed by atoms with Gasteiger partial charge in [0, 0.05) is 5.69 Å². The Hall–Kier alpha value is -3.06. The molecule has 0 aliphatic carbocycles. The van der Waals surface area contributed by atoms with Gasteiger partial charge in [-0.3, -0.25) is 14.4 Å². The second-order valence-corrected chi connectivity index (χ2v) is 6.32. The van der Waals surface area contributed by atoms with E-state index in [0.717, 1.165) is 5.56 Å². The molecule has 2 aromatic rings. The molecule has 28 heavy (non-hydrogen) atoms. The van der Waals surface area contributed by atoms with Crippen LogP contribution in [0.2, 0.25) is 5.02 Å². The fraction of sp³-hybridized carbons (Fsp3) is 0.250. The molecule has 0 aliphatic heterocycles. The number of methoxy groups -OCH3 is 1. The van der Waals surface area contributed by atoms with Gasteiger partial charge in [-0.1, -0.05) is 41.9 Å². The van der Waals surface area contributed by atoms with Crippen LogP contribution < -0.4 is 15.4 Å². The highest BCUT2D eigenvalue weighted by atomic mass is 35.5. The van der Waals surface area contributed by atoms with Gasteiger partial charge in [-0.05, 0) is 30.7 Å². The molecule has 0 aliphatic rings. The van der Waals surface area contributed by atoms with Gasteiger partial charge in [0.2, 0.25) is 5.91 Å². The summed E-state index contributed by atoms with van der Waals surface area (Å²) in [6, 6.07) is 13.9. The Morgan fingerprint density at radius 1 is 1.11 bits per heavy atom. The number of rotatable bonds is 8. The van der Waals surface area contributed by atoms with Crippen LogP contribution in [-0.4, -0.2) is 37.5 Å². The number of halogens is 1. The van der Waals surface area contributed by atoms with Crippen molar-refractivity contribution >= 4 is 35.1 Å². The van der Waals surface area contributed by atoms with Crippen molar-refractivity contribution in [3.8, 4) is 5.75 Å². The minimum atomic E-state index is -1.04. The van der Waals surface area contributed by atoms with Crippen LogP contribution in [0.4, 0.5) is 5.69 Å². The molecule has 1 atom stereocenters. The van der Waals surface area contributed by atoms with Gasteiger partial charge in [0.1, 0.15) is 12.3 Å². The van der Waals surface area contributed by atoms with E-state index in [0.29, 0.717) is 16.5 Å². The zero-order valence-electron chi connectivity index (χ0n) is 15.5. The number of benzene rings is 2. The molecule has 2 N–H and O–H groups in total. The molecule has 0 aromatic heterocycles. The van der Waals surface area contributed by atoms with E-state index < -0.39 is 18.0 Å². The predicted molar refractivity (Wildman–Crippen MR) is 105 cm³/mol. The topological polar surface area (TPSA) is 93.7 Å². The lowest BCUT2D eigenvalue weighted by molar-refractivity contribution is -0.152. The standard InChI is InChI=1S/C20H21ClN2O5/c1-13(20(26)23-15-8-9-17(27-2)16(21)11-15)28-19(25)12-22-18(24)10-14-6-4-3-5-7-14/h3-9,11,13H,10,12H2,1-2H3,(H,22,24)(H,23,26)/t13-/m1/s1. The van der Waals surface area contributed by atoms with E-state index in [-0.39, 0.29) is 18.9 Å². The Kier molecular flexibility index (Phi) is 7.83. The van der Waals surface area contributed by atoms with Crippen LogP contribution in [0.1, 0.15) is 12.5 Å². The third-order valence-electron chi connectivity index (χ3n) is 3.73. The number of carbonyl (C=O) groups is 3. The molecule has 148 valence electrons. The highest BCUT2D eigenvalue weighted by Gasteiger charge is 2.19. The third kappa shape index (κ3) is 6.59. The summed E-state index contributed by atoms with van der Waals surface area (Å²) in [5, 5.41) is 5.40. The maximum Gasteiger partial charge on any atom is 0.326 e. The molecule has 0 radical (unpaired) electrons. The zero-order chi connectivity index (χ0) is 20.5. The van der Waals surface area contributed by atoms with Crippen LogP contribution in [0.3, 0.4) is 0 Å². The highest BCUT2D eigenvalue weighted by molar-refractivity contribution is 6.32. The second-order valence-electron chi connectivity index (χ2n) is 5.91. The predicted octanol–water partition coefficient (Wildman–Crippen LogP) is 2.58. The first-order valence-electron chi connectivity index (χ1n) is 8.53. The summed E-state index contributed by atoms with van der Waals surface area (Å²) in [5.74, 6) is -1.07. The average molecular weight is 405 g/mol. The average Bonchev–Trinajstić information content (AvgIpc) is 2.67. The van der Waals surface area contributed by atoms with E-state index in [2.05, 4.69) is 10.6 Å². The smallest absolute Gasteiger partial charge is 0.326 e. The van der Waals surface area contributed by atoms with Crippen LogP contribution in [0, 0.1) is 0 Å². The van der Waals surface area contributed by atoms with Gasteiger partial charge in [0.25, 0.3) is 5.91 Å². The summed E-state index contributed by atoms with van der Waals surface area (Å²) in [6.07, 6.45) is -0.887. The summed E-state index contributed by atoms with van der Waals surface area (Å²) < 4.78 is 10.1. The van der Waals surface area contributed by atoms with Crippen molar-refractivity contribution in [2.75, 3.05) is 19.0 Å². The fourth-order valence-corrected chi connectivity index (χ4v) is 2.55. The molecule has 0 bridgehead atoms. The lowest BCUT2D eigenvalue weighted by Crippen LogP contribution is -2.36. The van der Waals surface area contributed by atoms with E-state index in [1.54, 1.807) is 12.1 Å². The zero-order valence-corrected chi connectivity index (χ0v) is 16.3. The van der Waals surface area contributed by atoms with Crippen molar-refractivity contribution in [3.05, 3.63) is 59.1 Å². The largest absolute Gasteiger partial charge is 0.495 e. The number of hydrogen-bond donors (Lipinski definition) is 2. The van der Waals surface area contributed by atoms with E-state index in [9.17, 15) is 14.4 Å². The quantitative estimate of drug-likeness (QED) is 0.659. The number of hydrogen-bond acceptors (Lipinski definition) is 5. The Balaban J connectivity index is 1.77. The monoisotopic (exact) mass is 404 g/mol. The molecule has 7 nitrogen and oxygen atoms in total. The van der Waals surface area contributed by atoms with Gasteiger partial charge in [-0.15, -0.1) is 0 Å². The number of anilines is 1. The van der Waals surface area contributed by atoms with Gasteiger partial charge in [0.15, 0.2) is 6.10 Å². The number of carbonyl (C=O) groups excluding carboxylic acids is 3. The highest BCUT2D eigenvalue weighted by Crippen LogP contribution is 2.27. The Morgan fingerprint density at radius 3 is 2.46 bits per heavy atom. The summed E-state index contributed by atoms with van der Waals surface area (Å²) in [5.41, 5.74) is 1.27. The van der Waals surface area contributed by atoms with Crippen molar-refractivity contribution in [3.63, 3.8) is 0 Å². The van der Waals surface area contributed by atoms with Gasteiger partial charge in [-0.2, -0.15) is 0 Å². The molecule has 0 saturated carbocycles. The molecule has 0 heterocycles. The summed E-state index contributed by atoms with van der Waals surface area (Å²) in [7, 11) is 1.49. The minimum absolute atomic E-state index is 0.155. The molecule has 2 rings (SSSR count). The molecular formula is C20H21ClN2O5. The number of esters is 1. The molecule has 8 heteroatoms. The number of ether oxygens (including phenoxy) is 2. The van der Waals surface area contributed by atoms with Crippen molar-refractivity contribution in [1.82, 2.24) is 5.32 Å². The third-order valence-corrected chi connectivity index (χ3v) is 4.03. The minimum Gasteiger partial charge on any atom is -0.495 e. The second kappa shape index (κ2) is 10.3. The van der Waals surface area contributed by atoms with Crippen molar-refractivity contribution < 1.29 is 23.9 Å². The molecule has 0 saturated heterocycles. The van der Waals surface area contributed by atoms with Gasteiger partial charge >= 0.3 is 5.97 Å². The van der Waals surface area contributed by atoms with Gasteiger partial charge in [-0.25, -0.2) is 0 Å². The van der Waals surface area contributed by atoms with Gasteiger partial charge in [0.05, 0.1) is 18.6 Å². The Bertz CT molecular complexity index is 842. The maximum absolute atomic E-state index is 12.1. The SMILES string of the molecule is COc1ccc(NC(=O)[C@@H](C)OC(=O)CNC(=O)Cc2ccccc2)cc1Cl. The number of amides is 2. The van der Waals surface area contributed by atoms with E-state index in [4.69, 9.17) is 21.1 Å². The van der Waals surface area contributed by atoms with E-state index >= 15 is 0 Å².